The van der Waals surface area contributed by atoms with Crippen LogP contribution in [0.1, 0.15) is 37.7 Å². The quantitative estimate of drug-likeness (QED) is 0.881. The van der Waals surface area contributed by atoms with E-state index in [1.807, 2.05) is 13.0 Å². The Hall–Kier alpha value is -1.65. The third-order valence-corrected chi connectivity index (χ3v) is 3.12. The average molecular weight is 249 g/mol. The molecular formula is C13H19N3O2. The molecule has 1 aromatic rings. The molecule has 0 atom stereocenters. The SMILES string of the molecule is Cc1cc(N2CC(CC(=O)O)C2)nc(C(C)C)n1. The van der Waals surface area contributed by atoms with Gasteiger partial charge in [-0.25, -0.2) is 9.97 Å². The zero-order valence-corrected chi connectivity index (χ0v) is 11.1. The molecule has 1 fully saturated rings. The molecule has 0 aromatic carbocycles. The smallest absolute Gasteiger partial charge is 0.303 e. The van der Waals surface area contributed by atoms with Gasteiger partial charge >= 0.3 is 5.97 Å². The van der Waals surface area contributed by atoms with Crippen molar-refractivity contribution in [2.24, 2.45) is 5.92 Å². The maximum absolute atomic E-state index is 10.6. The number of aliphatic carboxylic acids is 1. The van der Waals surface area contributed by atoms with Gasteiger partial charge in [-0.2, -0.15) is 0 Å². The van der Waals surface area contributed by atoms with Crippen LogP contribution in [0, 0.1) is 12.8 Å². The fourth-order valence-corrected chi connectivity index (χ4v) is 2.13. The molecule has 0 spiro atoms. The van der Waals surface area contributed by atoms with Crippen LogP contribution in [0.25, 0.3) is 0 Å². The van der Waals surface area contributed by atoms with Gasteiger partial charge in [0.15, 0.2) is 0 Å². The van der Waals surface area contributed by atoms with Crippen LogP contribution in [0.4, 0.5) is 5.82 Å². The first-order valence-corrected chi connectivity index (χ1v) is 6.28. The first kappa shape index (κ1) is 12.8. The van der Waals surface area contributed by atoms with E-state index in [1.165, 1.54) is 0 Å². The molecule has 1 aliphatic heterocycles. The van der Waals surface area contributed by atoms with Gasteiger partial charge in [-0.1, -0.05) is 13.8 Å². The molecule has 2 heterocycles. The molecule has 1 saturated heterocycles. The lowest BCUT2D eigenvalue weighted by Crippen LogP contribution is -2.48. The van der Waals surface area contributed by atoms with E-state index < -0.39 is 5.97 Å². The van der Waals surface area contributed by atoms with Crippen molar-refractivity contribution in [3.05, 3.63) is 17.6 Å². The number of carboxylic acid groups (broad SMARTS) is 1. The van der Waals surface area contributed by atoms with E-state index in [4.69, 9.17) is 5.11 Å². The summed E-state index contributed by atoms with van der Waals surface area (Å²) in [7, 11) is 0. The molecule has 0 unspecified atom stereocenters. The number of rotatable bonds is 4. The van der Waals surface area contributed by atoms with Crippen molar-refractivity contribution in [2.75, 3.05) is 18.0 Å². The van der Waals surface area contributed by atoms with Crippen LogP contribution < -0.4 is 4.90 Å². The Labute approximate surface area is 107 Å². The second kappa shape index (κ2) is 4.92. The molecular weight excluding hydrogens is 230 g/mol. The number of hydrogen-bond acceptors (Lipinski definition) is 4. The molecule has 5 heteroatoms. The lowest BCUT2D eigenvalue weighted by atomic mass is 9.96. The summed E-state index contributed by atoms with van der Waals surface area (Å²) in [5.74, 6) is 1.61. The van der Waals surface area contributed by atoms with Crippen molar-refractivity contribution >= 4 is 11.8 Å². The first-order valence-electron chi connectivity index (χ1n) is 6.28. The molecule has 18 heavy (non-hydrogen) atoms. The number of carboxylic acids is 1. The van der Waals surface area contributed by atoms with E-state index in [9.17, 15) is 4.79 Å². The van der Waals surface area contributed by atoms with Crippen molar-refractivity contribution in [1.82, 2.24) is 9.97 Å². The number of anilines is 1. The van der Waals surface area contributed by atoms with E-state index in [0.717, 1.165) is 30.4 Å². The molecule has 0 aliphatic carbocycles. The lowest BCUT2D eigenvalue weighted by molar-refractivity contribution is -0.138. The van der Waals surface area contributed by atoms with E-state index in [1.54, 1.807) is 0 Å². The molecule has 1 aromatic heterocycles. The maximum Gasteiger partial charge on any atom is 0.303 e. The molecule has 1 aliphatic rings. The monoisotopic (exact) mass is 249 g/mol. The second-order valence-electron chi connectivity index (χ2n) is 5.25. The number of hydrogen-bond donors (Lipinski definition) is 1. The van der Waals surface area contributed by atoms with Crippen molar-refractivity contribution < 1.29 is 9.90 Å². The second-order valence-corrected chi connectivity index (χ2v) is 5.25. The Bertz CT molecular complexity index is 454. The Morgan fingerprint density at radius 3 is 2.72 bits per heavy atom. The Morgan fingerprint density at radius 2 is 2.17 bits per heavy atom. The van der Waals surface area contributed by atoms with E-state index in [0.29, 0.717) is 5.92 Å². The number of nitrogens with zero attached hydrogens (tertiary/aromatic N) is 3. The highest BCUT2D eigenvalue weighted by atomic mass is 16.4. The summed E-state index contributed by atoms with van der Waals surface area (Å²) in [5, 5.41) is 8.72. The van der Waals surface area contributed by atoms with Gasteiger partial charge in [0.2, 0.25) is 0 Å². The van der Waals surface area contributed by atoms with Gasteiger partial charge < -0.3 is 10.0 Å². The molecule has 5 nitrogen and oxygen atoms in total. The molecule has 0 radical (unpaired) electrons. The normalized spacial score (nSPS) is 15.9. The van der Waals surface area contributed by atoms with Crippen molar-refractivity contribution in [3.63, 3.8) is 0 Å². The summed E-state index contributed by atoms with van der Waals surface area (Å²) in [6, 6.07) is 1.96. The number of carbonyl (C=O) groups is 1. The Morgan fingerprint density at radius 1 is 1.50 bits per heavy atom. The number of aromatic nitrogens is 2. The minimum atomic E-state index is -0.721. The molecule has 98 valence electrons. The van der Waals surface area contributed by atoms with Gasteiger partial charge in [-0.15, -0.1) is 0 Å². The zero-order chi connectivity index (χ0) is 13.3. The van der Waals surface area contributed by atoms with Crippen molar-refractivity contribution in [1.29, 1.82) is 0 Å². The van der Waals surface area contributed by atoms with Gasteiger partial charge in [-0.3, -0.25) is 4.79 Å². The zero-order valence-electron chi connectivity index (χ0n) is 11.1. The minimum Gasteiger partial charge on any atom is -0.481 e. The van der Waals surface area contributed by atoms with Gasteiger partial charge in [0.25, 0.3) is 0 Å². The topological polar surface area (TPSA) is 66.3 Å². The van der Waals surface area contributed by atoms with Crippen LogP contribution in [0.5, 0.6) is 0 Å². The van der Waals surface area contributed by atoms with Gasteiger partial charge in [-0.05, 0) is 6.92 Å². The van der Waals surface area contributed by atoms with Gasteiger partial charge in [0.05, 0.1) is 6.42 Å². The molecule has 2 rings (SSSR count). The molecule has 1 N–H and O–H groups in total. The first-order chi connectivity index (χ1) is 8.45. The third kappa shape index (κ3) is 2.78. The van der Waals surface area contributed by atoms with Gasteiger partial charge in [0.1, 0.15) is 11.6 Å². The summed E-state index contributed by atoms with van der Waals surface area (Å²) >= 11 is 0. The highest BCUT2D eigenvalue weighted by Crippen LogP contribution is 2.26. The van der Waals surface area contributed by atoms with E-state index >= 15 is 0 Å². The lowest BCUT2D eigenvalue weighted by Gasteiger charge is -2.39. The highest BCUT2D eigenvalue weighted by molar-refractivity contribution is 5.67. The van der Waals surface area contributed by atoms with E-state index in [2.05, 4.69) is 28.7 Å². The largest absolute Gasteiger partial charge is 0.481 e. The average Bonchev–Trinajstić information content (AvgIpc) is 2.21. The van der Waals surface area contributed by atoms with Crippen molar-refractivity contribution in [3.8, 4) is 0 Å². The Balaban J connectivity index is 2.05. The molecule has 0 saturated carbocycles. The third-order valence-electron chi connectivity index (χ3n) is 3.12. The Kier molecular flexibility index (Phi) is 3.50. The van der Waals surface area contributed by atoms with Crippen LogP contribution in [-0.2, 0) is 4.79 Å². The van der Waals surface area contributed by atoms with Crippen molar-refractivity contribution in [2.45, 2.75) is 33.1 Å². The molecule has 0 bridgehead atoms. The standard InChI is InChI=1S/C13H19N3O2/c1-8(2)13-14-9(3)4-11(15-13)16-6-10(7-16)5-12(17)18/h4,8,10H,5-7H2,1-3H3,(H,17,18). The van der Waals surface area contributed by atoms with E-state index in [-0.39, 0.29) is 12.3 Å². The van der Waals surface area contributed by atoms with Crippen LogP contribution >= 0.6 is 0 Å². The molecule has 0 amide bonds. The summed E-state index contributed by atoms with van der Waals surface area (Å²) in [4.78, 5) is 21.7. The highest BCUT2D eigenvalue weighted by Gasteiger charge is 2.29. The van der Waals surface area contributed by atoms with Crippen LogP contribution in [0.15, 0.2) is 6.07 Å². The van der Waals surface area contributed by atoms with Crippen LogP contribution in [0.2, 0.25) is 0 Å². The summed E-state index contributed by atoms with van der Waals surface area (Å²) < 4.78 is 0. The predicted molar refractivity (Wildman–Crippen MR) is 68.8 cm³/mol. The van der Waals surface area contributed by atoms with Gasteiger partial charge in [0, 0.05) is 36.7 Å². The minimum absolute atomic E-state index is 0.248. The summed E-state index contributed by atoms with van der Waals surface area (Å²) in [6.07, 6.45) is 0.248. The fraction of sp³-hybridized carbons (Fsp3) is 0.615. The number of aryl methyl sites for hydroxylation is 1. The maximum atomic E-state index is 10.6. The predicted octanol–water partition coefficient (Wildman–Crippen LogP) is 1.82. The van der Waals surface area contributed by atoms with Crippen LogP contribution in [-0.4, -0.2) is 34.1 Å². The fourth-order valence-electron chi connectivity index (χ4n) is 2.13. The summed E-state index contributed by atoms with van der Waals surface area (Å²) in [5.41, 5.74) is 0.963. The van der Waals surface area contributed by atoms with Crippen LogP contribution in [0.3, 0.4) is 0 Å². The summed E-state index contributed by atoms with van der Waals surface area (Å²) in [6.45, 7) is 7.66.